The first-order valence-corrected chi connectivity index (χ1v) is 12.6. The third kappa shape index (κ3) is 5.35. The number of benzene rings is 3. The van der Waals surface area contributed by atoms with Crippen LogP contribution in [-0.4, -0.2) is 50.0 Å². The minimum absolute atomic E-state index is 0.0781. The van der Waals surface area contributed by atoms with Gasteiger partial charge in [0.2, 0.25) is 24.8 Å². The van der Waals surface area contributed by atoms with E-state index < -0.39 is 41.4 Å². The van der Waals surface area contributed by atoms with Gasteiger partial charge in [0.05, 0.1) is 11.4 Å². The maximum absolute atomic E-state index is 13.8. The molecular formula is C29H26F2N4O5. The van der Waals surface area contributed by atoms with Crippen LogP contribution in [-0.2, 0) is 20.8 Å². The summed E-state index contributed by atoms with van der Waals surface area (Å²) in [7, 11) is 1.46. The number of nitrogens with one attached hydrogen (secondary N) is 2. The van der Waals surface area contributed by atoms with E-state index in [0.717, 1.165) is 12.1 Å². The second-order valence-electron chi connectivity index (χ2n) is 9.43. The average molecular weight is 549 g/mol. The molecule has 5 rings (SSSR count). The van der Waals surface area contributed by atoms with Gasteiger partial charge in [0, 0.05) is 24.1 Å². The Morgan fingerprint density at radius 1 is 1.05 bits per heavy atom. The number of hydrogen-bond donors (Lipinski definition) is 2. The molecular weight excluding hydrogens is 522 g/mol. The van der Waals surface area contributed by atoms with Crippen molar-refractivity contribution in [3.8, 4) is 11.5 Å². The first-order valence-electron chi connectivity index (χ1n) is 12.6. The van der Waals surface area contributed by atoms with Crippen molar-refractivity contribution in [3.63, 3.8) is 0 Å². The SMILES string of the molecule is CNC(=O)CN1C(=O)C(NC(=O)[C@@H](C)Cc2ccc(F)c(F)c2)N=C(c2ccc3c(c2)OCO3)c2ccccc21. The lowest BCUT2D eigenvalue weighted by Gasteiger charge is -2.25. The van der Waals surface area contributed by atoms with Gasteiger partial charge in [-0.1, -0.05) is 31.2 Å². The summed E-state index contributed by atoms with van der Waals surface area (Å²) in [6, 6.07) is 15.7. The Morgan fingerprint density at radius 2 is 1.82 bits per heavy atom. The van der Waals surface area contributed by atoms with Crippen molar-refractivity contribution in [2.45, 2.75) is 19.5 Å². The van der Waals surface area contributed by atoms with Gasteiger partial charge in [-0.15, -0.1) is 0 Å². The Kier molecular flexibility index (Phi) is 7.45. The van der Waals surface area contributed by atoms with Crippen LogP contribution in [0, 0.1) is 17.6 Å². The highest BCUT2D eigenvalue weighted by Gasteiger charge is 2.35. The second kappa shape index (κ2) is 11.1. The Bertz CT molecular complexity index is 1530. The zero-order chi connectivity index (χ0) is 28.4. The summed E-state index contributed by atoms with van der Waals surface area (Å²) in [5.74, 6) is -3.17. The molecule has 2 atom stereocenters. The van der Waals surface area contributed by atoms with Crippen LogP contribution in [0.4, 0.5) is 14.5 Å². The number of halogens is 2. The quantitative estimate of drug-likeness (QED) is 0.472. The fourth-order valence-electron chi connectivity index (χ4n) is 4.57. The molecule has 3 amide bonds. The van der Waals surface area contributed by atoms with E-state index in [9.17, 15) is 23.2 Å². The Labute approximate surface area is 228 Å². The van der Waals surface area contributed by atoms with E-state index in [2.05, 4.69) is 15.6 Å². The van der Waals surface area contributed by atoms with Gasteiger partial charge in [-0.25, -0.2) is 13.8 Å². The van der Waals surface area contributed by atoms with Crippen LogP contribution >= 0.6 is 0 Å². The highest BCUT2D eigenvalue weighted by Crippen LogP contribution is 2.35. The molecule has 0 aliphatic carbocycles. The molecule has 40 heavy (non-hydrogen) atoms. The zero-order valence-corrected chi connectivity index (χ0v) is 21.7. The molecule has 2 aliphatic rings. The monoisotopic (exact) mass is 548 g/mol. The molecule has 2 aliphatic heterocycles. The van der Waals surface area contributed by atoms with Gasteiger partial charge < -0.3 is 20.1 Å². The van der Waals surface area contributed by atoms with Crippen molar-refractivity contribution in [3.05, 3.63) is 89.0 Å². The standard InChI is InChI=1S/C29H26F2N4O5/c1-16(11-17-7-9-20(30)21(31)12-17)28(37)34-27-29(38)35(14-25(36)32-2)22-6-4-3-5-19(22)26(33-27)18-8-10-23-24(13-18)40-15-39-23/h3-10,12-13,16,27H,11,14-15H2,1-2H3,(H,32,36)(H,34,37)/t16-,27?/m0/s1. The number of amides is 3. The normalized spacial score (nSPS) is 16.5. The van der Waals surface area contributed by atoms with Crippen molar-refractivity contribution >= 4 is 29.1 Å². The number of ether oxygens (including phenoxy) is 2. The van der Waals surface area contributed by atoms with Crippen molar-refractivity contribution in [1.82, 2.24) is 10.6 Å². The highest BCUT2D eigenvalue weighted by atomic mass is 19.2. The fourth-order valence-corrected chi connectivity index (χ4v) is 4.57. The number of fused-ring (bicyclic) bond motifs is 2. The molecule has 9 nitrogen and oxygen atoms in total. The van der Waals surface area contributed by atoms with Gasteiger partial charge >= 0.3 is 0 Å². The van der Waals surface area contributed by atoms with Crippen LogP contribution < -0.4 is 25.0 Å². The summed E-state index contributed by atoms with van der Waals surface area (Å²) < 4.78 is 38.0. The van der Waals surface area contributed by atoms with Crippen molar-refractivity contribution < 1.29 is 32.6 Å². The van der Waals surface area contributed by atoms with Gasteiger partial charge in [0.25, 0.3) is 5.91 Å². The van der Waals surface area contributed by atoms with Crippen LogP contribution in [0.1, 0.15) is 23.6 Å². The third-order valence-corrected chi connectivity index (χ3v) is 6.69. The van der Waals surface area contributed by atoms with E-state index in [1.807, 2.05) is 0 Å². The van der Waals surface area contributed by atoms with E-state index in [-0.39, 0.29) is 19.8 Å². The molecule has 2 heterocycles. The summed E-state index contributed by atoms with van der Waals surface area (Å²) in [6.07, 6.45) is -1.28. The molecule has 11 heteroatoms. The number of aliphatic imine (C=N–C) groups is 1. The summed E-state index contributed by atoms with van der Waals surface area (Å²) >= 11 is 0. The van der Waals surface area contributed by atoms with Crippen LogP contribution in [0.5, 0.6) is 11.5 Å². The maximum Gasteiger partial charge on any atom is 0.272 e. The van der Waals surface area contributed by atoms with Crippen LogP contribution in [0.2, 0.25) is 0 Å². The summed E-state index contributed by atoms with van der Waals surface area (Å²) in [5.41, 5.74) is 2.46. The Hall–Kier alpha value is -4.80. The smallest absolute Gasteiger partial charge is 0.272 e. The molecule has 0 saturated carbocycles. The summed E-state index contributed by atoms with van der Waals surface area (Å²) in [4.78, 5) is 45.4. The minimum Gasteiger partial charge on any atom is -0.454 e. The molecule has 1 unspecified atom stereocenters. The molecule has 0 fully saturated rings. The number of benzodiazepines with no additional fused rings is 1. The number of nitrogens with zero attached hydrogens (tertiary/aromatic N) is 2. The number of para-hydroxylation sites is 1. The third-order valence-electron chi connectivity index (χ3n) is 6.69. The number of carbonyl (C=O) groups is 3. The van der Waals surface area contributed by atoms with Gasteiger partial charge in [0.15, 0.2) is 23.1 Å². The van der Waals surface area contributed by atoms with Crippen molar-refractivity contribution in [2.24, 2.45) is 10.9 Å². The first kappa shape index (κ1) is 26.8. The highest BCUT2D eigenvalue weighted by molar-refractivity contribution is 6.21. The van der Waals surface area contributed by atoms with Gasteiger partial charge in [0.1, 0.15) is 6.54 Å². The molecule has 2 N–H and O–H groups in total. The molecule has 206 valence electrons. The molecule has 3 aromatic carbocycles. The zero-order valence-electron chi connectivity index (χ0n) is 21.7. The lowest BCUT2D eigenvalue weighted by Crippen LogP contribution is -2.51. The van der Waals surface area contributed by atoms with E-state index in [0.29, 0.717) is 39.6 Å². The van der Waals surface area contributed by atoms with Crippen molar-refractivity contribution in [1.29, 1.82) is 0 Å². The number of anilines is 1. The Balaban J connectivity index is 1.51. The molecule has 0 bridgehead atoms. The van der Waals surface area contributed by atoms with E-state index in [4.69, 9.17) is 9.47 Å². The predicted molar refractivity (Wildman–Crippen MR) is 142 cm³/mol. The topological polar surface area (TPSA) is 109 Å². The molecule has 0 radical (unpaired) electrons. The van der Waals surface area contributed by atoms with Gasteiger partial charge in [-0.05, 0) is 48.4 Å². The van der Waals surface area contributed by atoms with Crippen LogP contribution in [0.25, 0.3) is 0 Å². The van der Waals surface area contributed by atoms with Gasteiger partial charge in [-0.2, -0.15) is 0 Å². The number of rotatable bonds is 7. The lowest BCUT2D eigenvalue weighted by molar-refractivity contribution is -0.130. The summed E-state index contributed by atoms with van der Waals surface area (Å²) in [5, 5.41) is 5.21. The second-order valence-corrected chi connectivity index (χ2v) is 9.43. The van der Waals surface area contributed by atoms with E-state index in [1.54, 1.807) is 49.4 Å². The van der Waals surface area contributed by atoms with Crippen molar-refractivity contribution in [2.75, 3.05) is 25.3 Å². The van der Waals surface area contributed by atoms with Crippen LogP contribution in [0.3, 0.4) is 0 Å². The molecule has 0 saturated heterocycles. The van der Waals surface area contributed by atoms with E-state index >= 15 is 0 Å². The van der Waals surface area contributed by atoms with Gasteiger partial charge in [-0.3, -0.25) is 19.3 Å². The summed E-state index contributed by atoms with van der Waals surface area (Å²) in [6.45, 7) is 1.39. The average Bonchev–Trinajstić information content (AvgIpc) is 3.39. The number of likely N-dealkylation sites (N-methyl/N-ethyl adjacent to an activating group) is 1. The maximum atomic E-state index is 13.8. The molecule has 0 aromatic heterocycles. The van der Waals surface area contributed by atoms with E-state index in [1.165, 1.54) is 18.0 Å². The largest absolute Gasteiger partial charge is 0.454 e. The predicted octanol–water partition coefficient (Wildman–Crippen LogP) is 2.94. The number of carbonyl (C=O) groups excluding carboxylic acids is 3. The van der Waals surface area contributed by atoms with Crippen LogP contribution in [0.15, 0.2) is 65.7 Å². The lowest BCUT2D eigenvalue weighted by atomic mass is 9.99. The fraction of sp³-hybridized carbons (Fsp3) is 0.241. The number of hydrogen-bond acceptors (Lipinski definition) is 6. The molecule has 3 aromatic rings. The molecule has 0 spiro atoms. The first-order chi connectivity index (χ1) is 19.2. The Morgan fingerprint density at radius 3 is 2.60 bits per heavy atom. The minimum atomic E-state index is -1.38.